The van der Waals surface area contributed by atoms with E-state index in [1.807, 2.05) is 30.6 Å². The first-order valence-electron chi connectivity index (χ1n) is 9.91. The first kappa shape index (κ1) is 20.4. The van der Waals surface area contributed by atoms with E-state index in [-0.39, 0.29) is 18.4 Å². The molecule has 2 heterocycles. The van der Waals surface area contributed by atoms with Crippen LogP contribution in [0.2, 0.25) is 0 Å². The fraction of sp³-hybridized carbons (Fsp3) is 0.174. The number of nitrogens with zero attached hydrogens (tertiary/aromatic N) is 2. The van der Waals surface area contributed by atoms with Crippen molar-refractivity contribution in [2.75, 3.05) is 26.0 Å². The van der Waals surface area contributed by atoms with E-state index in [1.165, 1.54) is 4.90 Å². The number of para-hydroxylation sites is 1. The van der Waals surface area contributed by atoms with Crippen molar-refractivity contribution in [1.29, 1.82) is 0 Å². The predicted molar refractivity (Wildman–Crippen MR) is 121 cm³/mol. The second kappa shape index (κ2) is 8.45. The molecule has 2 aromatic heterocycles. The number of rotatable bonds is 6. The van der Waals surface area contributed by atoms with Gasteiger partial charge in [0.05, 0.1) is 23.3 Å². The van der Waals surface area contributed by atoms with Gasteiger partial charge in [-0.1, -0.05) is 24.3 Å². The third-order valence-corrected chi connectivity index (χ3v) is 5.30. The number of fused-ring (bicyclic) bond motifs is 1. The van der Waals surface area contributed by atoms with Crippen LogP contribution < -0.4 is 11.1 Å². The van der Waals surface area contributed by atoms with Crippen molar-refractivity contribution in [2.45, 2.75) is 5.92 Å². The van der Waals surface area contributed by atoms with Crippen molar-refractivity contribution in [3.05, 3.63) is 72.2 Å². The van der Waals surface area contributed by atoms with Gasteiger partial charge in [0.2, 0.25) is 5.91 Å². The maximum atomic E-state index is 13.1. The normalized spacial score (nSPS) is 12.0. The third kappa shape index (κ3) is 3.93. The average Bonchev–Trinajstić information content (AvgIpc) is 3.44. The molecule has 2 aromatic carbocycles. The number of aromatic amines is 2. The lowest BCUT2D eigenvalue weighted by atomic mass is 9.96. The van der Waals surface area contributed by atoms with E-state index in [2.05, 4.69) is 20.5 Å². The quantitative estimate of drug-likeness (QED) is 0.386. The molecule has 158 valence electrons. The van der Waals surface area contributed by atoms with Crippen LogP contribution in [0.4, 0.5) is 5.69 Å². The van der Waals surface area contributed by atoms with Crippen LogP contribution in [0, 0.1) is 0 Å². The molecule has 0 radical (unpaired) electrons. The largest absolute Gasteiger partial charge is 0.359 e. The highest BCUT2D eigenvalue weighted by atomic mass is 16.2. The molecular formula is C23H24N6O2. The Labute approximate surface area is 179 Å². The number of hydrogen-bond acceptors (Lipinski definition) is 4. The van der Waals surface area contributed by atoms with Crippen molar-refractivity contribution in [3.8, 4) is 11.1 Å². The molecule has 0 fully saturated rings. The Morgan fingerprint density at radius 2 is 1.90 bits per heavy atom. The summed E-state index contributed by atoms with van der Waals surface area (Å²) in [6.45, 7) is 0.147. The smallest absolute Gasteiger partial charge is 0.253 e. The van der Waals surface area contributed by atoms with Crippen LogP contribution in [0.3, 0.4) is 0 Å². The van der Waals surface area contributed by atoms with Crippen LogP contribution in [-0.2, 0) is 4.79 Å². The van der Waals surface area contributed by atoms with Crippen LogP contribution in [-0.4, -0.2) is 52.5 Å². The topological polar surface area (TPSA) is 120 Å². The van der Waals surface area contributed by atoms with Gasteiger partial charge in [-0.25, -0.2) is 0 Å². The van der Waals surface area contributed by atoms with Crippen LogP contribution in [0.1, 0.15) is 21.8 Å². The van der Waals surface area contributed by atoms with E-state index in [0.29, 0.717) is 11.3 Å². The van der Waals surface area contributed by atoms with Gasteiger partial charge in [-0.3, -0.25) is 14.7 Å². The Morgan fingerprint density at radius 1 is 1.13 bits per heavy atom. The molecule has 1 atom stereocenters. The lowest BCUT2D eigenvalue weighted by Crippen LogP contribution is -2.27. The van der Waals surface area contributed by atoms with Gasteiger partial charge in [0.1, 0.15) is 0 Å². The summed E-state index contributed by atoms with van der Waals surface area (Å²) in [6, 6.07) is 12.7. The summed E-state index contributed by atoms with van der Waals surface area (Å²) < 4.78 is 0. The maximum Gasteiger partial charge on any atom is 0.253 e. The van der Waals surface area contributed by atoms with E-state index in [1.54, 1.807) is 44.6 Å². The molecule has 2 amide bonds. The van der Waals surface area contributed by atoms with Crippen molar-refractivity contribution in [2.24, 2.45) is 5.73 Å². The zero-order valence-electron chi connectivity index (χ0n) is 17.3. The fourth-order valence-electron chi connectivity index (χ4n) is 3.63. The number of carbonyl (C=O) groups excluding carboxylic acids is 2. The average molecular weight is 416 g/mol. The van der Waals surface area contributed by atoms with Gasteiger partial charge in [0.15, 0.2) is 0 Å². The molecule has 1 unspecified atom stereocenters. The highest BCUT2D eigenvalue weighted by Crippen LogP contribution is 2.32. The number of benzene rings is 2. The molecule has 5 N–H and O–H groups in total. The monoisotopic (exact) mass is 416 g/mol. The minimum atomic E-state index is -0.540. The number of aromatic nitrogens is 3. The fourth-order valence-corrected chi connectivity index (χ4v) is 3.63. The number of nitrogens with two attached hydrogens (primary N) is 1. The number of carbonyl (C=O) groups is 2. The van der Waals surface area contributed by atoms with E-state index >= 15 is 0 Å². The first-order chi connectivity index (χ1) is 15.0. The van der Waals surface area contributed by atoms with Gasteiger partial charge in [0, 0.05) is 55.1 Å². The molecule has 4 rings (SSSR count). The Bertz CT molecular complexity index is 1210. The van der Waals surface area contributed by atoms with Gasteiger partial charge >= 0.3 is 0 Å². The van der Waals surface area contributed by atoms with Crippen LogP contribution >= 0.6 is 0 Å². The zero-order chi connectivity index (χ0) is 22.0. The van der Waals surface area contributed by atoms with E-state index in [4.69, 9.17) is 5.73 Å². The highest BCUT2D eigenvalue weighted by molar-refractivity contribution is 6.07. The standard InChI is InChI=1S/C23H24N6O2/c1-29(2)23(31)15-8-6-14(7-9-15)18(10-24)22(30)28-20-5-3-4-17-19(13-25-21(17)20)16-11-26-27-12-16/h3-9,11-13,18,25H,10,24H2,1-2H3,(H,26,27)(H,28,30). The van der Waals surface area contributed by atoms with Gasteiger partial charge in [-0.15, -0.1) is 0 Å². The SMILES string of the molecule is CN(C)C(=O)c1ccc(C(CN)C(=O)Nc2cccc3c(-c4cn[nH]c4)c[nH]c23)cc1. The molecule has 31 heavy (non-hydrogen) atoms. The summed E-state index contributed by atoms with van der Waals surface area (Å²) in [4.78, 5) is 29.9. The van der Waals surface area contributed by atoms with E-state index in [0.717, 1.165) is 27.6 Å². The Kier molecular flexibility index (Phi) is 5.55. The minimum Gasteiger partial charge on any atom is -0.359 e. The van der Waals surface area contributed by atoms with Crippen molar-refractivity contribution in [3.63, 3.8) is 0 Å². The van der Waals surface area contributed by atoms with Gasteiger partial charge in [-0.05, 0) is 23.8 Å². The number of anilines is 1. The molecule has 0 bridgehead atoms. The molecule has 8 nitrogen and oxygen atoms in total. The Hall–Kier alpha value is -3.91. The van der Waals surface area contributed by atoms with Crippen molar-refractivity contribution < 1.29 is 9.59 Å². The maximum absolute atomic E-state index is 13.1. The number of amides is 2. The van der Waals surface area contributed by atoms with E-state index in [9.17, 15) is 9.59 Å². The second-order valence-corrected chi connectivity index (χ2v) is 7.52. The molecule has 0 saturated carbocycles. The molecule has 4 aromatic rings. The van der Waals surface area contributed by atoms with Gasteiger partial charge in [0.25, 0.3) is 5.91 Å². The molecule has 0 spiro atoms. The predicted octanol–water partition coefficient (Wildman–Crippen LogP) is 2.94. The molecule has 0 aliphatic heterocycles. The van der Waals surface area contributed by atoms with Crippen molar-refractivity contribution >= 4 is 28.4 Å². The summed E-state index contributed by atoms with van der Waals surface area (Å²) in [5.41, 5.74) is 10.7. The second-order valence-electron chi connectivity index (χ2n) is 7.52. The molecule has 0 aliphatic rings. The van der Waals surface area contributed by atoms with Gasteiger partial charge in [-0.2, -0.15) is 5.10 Å². The van der Waals surface area contributed by atoms with E-state index < -0.39 is 5.92 Å². The molecule has 8 heteroatoms. The van der Waals surface area contributed by atoms with Crippen LogP contribution in [0.15, 0.2) is 61.1 Å². The lowest BCUT2D eigenvalue weighted by molar-refractivity contribution is -0.117. The zero-order valence-corrected chi connectivity index (χ0v) is 17.3. The number of hydrogen-bond donors (Lipinski definition) is 4. The summed E-state index contributed by atoms with van der Waals surface area (Å²) in [6.07, 6.45) is 5.47. The Morgan fingerprint density at radius 3 is 2.55 bits per heavy atom. The number of H-pyrrole nitrogens is 2. The summed E-state index contributed by atoms with van der Waals surface area (Å²) in [5.74, 6) is -0.838. The minimum absolute atomic E-state index is 0.0906. The highest BCUT2D eigenvalue weighted by Gasteiger charge is 2.21. The van der Waals surface area contributed by atoms with Crippen LogP contribution in [0.25, 0.3) is 22.0 Å². The van der Waals surface area contributed by atoms with Crippen LogP contribution in [0.5, 0.6) is 0 Å². The summed E-state index contributed by atoms with van der Waals surface area (Å²) >= 11 is 0. The first-order valence-corrected chi connectivity index (χ1v) is 9.91. The third-order valence-electron chi connectivity index (χ3n) is 5.30. The Balaban J connectivity index is 1.58. The van der Waals surface area contributed by atoms with Gasteiger partial charge < -0.3 is 20.9 Å². The molecular weight excluding hydrogens is 392 g/mol. The lowest BCUT2D eigenvalue weighted by Gasteiger charge is -2.17. The molecule has 0 saturated heterocycles. The summed E-state index contributed by atoms with van der Waals surface area (Å²) in [7, 11) is 3.40. The molecule has 0 aliphatic carbocycles. The number of nitrogens with one attached hydrogen (secondary N) is 3. The summed E-state index contributed by atoms with van der Waals surface area (Å²) in [5, 5.41) is 10.8. The van der Waals surface area contributed by atoms with Crippen molar-refractivity contribution in [1.82, 2.24) is 20.1 Å².